The average molecular weight is 480 g/mol. The number of carbonyl (C=O) groups is 2. The van der Waals surface area contributed by atoms with Crippen molar-refractivity contribution in [2.75, 3.05) is 7.05 Å². The van der Waals surface area contributed by atoms with Crippen LogP contribution in [-0.2, 0) is 9.59 Å². The molecule has 7 atom stereocenters. The van der Waals surface area contributed by atoms with Crippen molar-refractivity contribution in [3.05, 3.63) is 35.1 Å². The molecule has 2 saturated carbocycles. The highest BCUT2D eigenvalue weighted by molar-refractivity contribution is 5.98. The monoisotopic (exact) mass is 479 g/mol. The zero-order chi connectivity index (χ0) is 25.8. The largest absolute Gasteiger partial charge is 0.505 e. The standard InChI is InChI=1S/C31H45NO3/c1-26(2)22-11-12-31(7)23(29(22,5)18-21(33)24(26)34)10-9-19-20-17-28(4,25(35)32-8)14-13-27(20,3)15-16-30(19,31)6/h9-10,18,22-23,33H,11-17H2,1-8H3,(H,32,35)/t22-,23+,27+,28-,29-,30+,31+/m0/s1. The normalized spacial score (nSPS) is 48.2. The minimum atomic E-state index is -0.563. The summed E-state index contributed by atoms with van der Waals surface area (Å²) < 4.78 is 0. The first kappa shape index (κ1) is 24.8. The summed E-state index contributed by atoms with van der Waals surface area (Å²) in [6, 6.07) is 0. The number of ketones is 1. The fraction of sp³-hybridized carbons (Fsp3) is 0.742. The predicted octanol–water partition coefficient (Wildman–Crippen LogP) is 6.69. The van der Waals surface area contributed by atoms with Crippen molar-refractivity contribution >= 4 is 11.7 Å². The van der Waals surface area contributed by atoms with Gasteiger partial charge in [0, 0.05) is 17.9 Å². The number of hydrogen-bond acceptors (Lipinski definition) is 3. The highest BCUT2D eigenvalue weighted by Gasteiger charge is 2.66. The summed E-state index contributed by atoms with van der Waals surface area (Å²) in [5.74, 6) is 0.452. The fourth-order valence-corrected chi connectivity index (χ4v) is 9.68. The number of allylic oxidation sites excluding steroid dienone is 6. The number of amides is 1. The van der Waals surface area contributed by atoms with Gasteiger partial charge in [-0.05, 0) is 84.7 Å². The SMILES string of the molecule is CNC(=O)[C@@]1(C)CC[C@]2(C)CC[C@]3(C)C(=C2C1)C=C[C@@H]1[C@@]2(C)C=C(O)C(=O)C(C)(C)[C@@H]2CC[C@]13C. The highest BCUT2D eigenvalue weighted by Crippen LogP contribution is 2.73. The lowest BCUT2D eigenvalue weighted by molar-refractivity contribution is -0.149. The van der Waals surface area contributed by atoms with Crippen LogP contribution in [0.5, 0.6) is 0 Å². The summed E-state index contributed by atoms with van der Waals surface area (Å²) in [4.78, 5) is 25.8. The Morgan fingerprint density at radius 2 is 1.66 bits per heavy atom. The van der Waals surface area contributed by atoms with Crippen molar-refractivity contribution in [3.63, 3.8) is 0 Å². The molecule has 5 aliphatic rings. The van der Waals surface area contributed by atoms with Crippen LogP contribution in [0.1, 0.15) is 93.4 Å². The molecule has 192 valence electrons. The Kier molecular flexibility index (Phi) is 5.06. The Hall–Kier alpha value is -1.84. The number of rotatable bonds is 1. The van der Waals surface area contributed by atoms with Crippen LogP contribution in [0.25, 0.3) is 0 Å². The molecular formula is C31H45NO3. The summed E-state index contributed by atoms with van der Waals surface area (Å²) in [5, 5.41) is 13.7. The summed E-state index contributed by atoms with van der Waals surface area (Å²) in [6.45, 7) is 15.9. The number of aliphatic hydroxyl groups excluding tert-OH is 1. The van der Waals surface area contributed by atoms with Crippen LogP contribution in [0.4, 0.5) is 0 Å². The van der Waals surface area contributed by atoms with Gasteiger partial charge in [-0.1, -0.05) is 66.2 Å². The molecule has 0 radical (unpaired) electrons. The van der Waals surface area contributed by atoms with Gasteiger partial charge >= 0.3 is 0 Å². The maximum atomic E-state index is 12.9. The van der Waals surface area contributed by atoms with Crippen LogP contribution in [0.2, 0.25) is 0 Å². The number of aliphatic hydroxyl groups is 1. The van der Waals surface area contributed by atoms with E-state index >= 15 is 0 Å². The molecule has 0 spiro atoms. The second-order valence-electron chi connectivity index (χ2n) is 14.4. The molecule has 1 amide bonds. The van der Waals surface area contributed by atoms with Crippen molar-refractivity contribution in [1.29, 1.82) is 0 Å². The number of hydrogen-bond donors (Lipinski definition) is 2. The third-order valence-corrected chi connectivity index (χ3v) is 12.3. The molecule has 5 rings (SSSR count). The molecule has 2 fully saturated rings. The number of nitrogens with one attached hydrogen (secondary N) is 1. The first-order chi connectivity index (χ1) is 16.1. The van der Waals surface area contributed by atoms with Crippen LogP contribution < -0.4 is 5.32 Å². The highest BCUT2D eigenvalue weighted by atomic mass is 16.3. The van der Waals surface area contributed by atoms with Crippen molar-refractivity contribution in [1.82, 2.24) is 5.32 Å². The zero-order valence-corrected chi connectivity index (χ0v) is 23.1. The molecule has 0 aromatic rings. The third kappa shape index (κ3) is 2.92. The molecule has 0 aliphatic heterocycles. The minimum Gasteiger partial charge on any atom is -0.505 e. The van der Waals surface area contributed by atoms with Gasteiger partial charge in [0.05, 0.1) is 5.41 Å². The van der Waals surface area contributed by atoms with Crippen LogP contribution in [0.3, 0.4) is 0 Å². The van der Waals surface area contributed by atoms with Crippen molar-refractivity contribution in [3.8, 4) is 0 Å². The predicted molar refractivity (Wildman–Crippen MR) is 140 cm³/mol. The van der Waals surface area contributed by atoms with E-state index in [9.17, 15) is 14.7 Å². The van der Waals surface area contributed by atoms with Gasteiger partial charge in [0.25, 0.3) is 0 Å². The lowest BCUT2D eigenvalue weighted by Gasteiger charge is -2.67. The molecule has 0 heterocycles. The third-order valence-electron chi connectivity index (χ3n) is 12.3. The van der Waals surface area contributed by atoms with Gasteiger partial charge in [-0.25, -0.2) is 0 Å². The van der Waals surface area contributed by atoms with Crippen LogP contribution in [0.15, 0.2) is 35.1 Å². The molecule has 35 heavy (non-hydrogen) atoms. The van der Waals surface area contributed by atoms with Gasteiger partial charge in [-0.15, -0.1) is 0 Å². The molecule has 2 N–H and O–H groups in total. The Balaban J connectivity index is 1.68. The van der Waals surface area contributed by atoms with E-state index in [-0.39, 0.29) is 56.4 Å². The Bertz CT molecular complexity index is 1100. The summed E-state index contributed by atoms with van der Waals surface area (Å²) in [5.41, 5.74) is 1.97. The van der Waals surface area contributed by atoms with E-state index in [0.29, 0.717) is 0 Å². The fourth-order valence-electron chi connectivity index (χ4n) is 9.68. The van der Waals surface area contributed by atoms with Crippen LogP contribution >= 0.6 is 0 Å². The lowest BCUT2D eigenvalue weighted by atomic mass is 9.36. The van der Waals surface area contributed by atoms with Crippen molar-refractivity contribution < 1.29 is 14.7 Å². The van der Waals surface area contributed by atoms with E-state index in [1.807, 2.05) is 19.9 Å². The topological polar surface area (TPSA) is 66.4 Å². The second kappa shape index (κ2) is 7.13. The molecule has 0 unspecified atom stereocenters. The molecule has 0 aromatic heterocycles. The Labute approximate surface area is 211 Å². The van der Waals surface area contributed by atoms with E-state index in [4.69, 9.17) is 0 Å². The van der Waals surface area contributed by atoms with Gasteiger partial charge in [0.1, 0.15) is 0 Å². The van der Waals surface area contributed by atoms with Gasteiger partial charge in [-0.3, -0.25) is 9.59 Å². The zero-order valence-electron chi connectivity index (χ0n) is 23.1. The molecule has 0 saturated heterocycles. The van der Waals surface area contributed by atoms with Gasteiger partial charge in [-0.2, -0.15) is 0 Å². The second-order valence-corrected chi connectivity index (χ2v) is 14.4. The van der Waals surface area contributed by atoms with Crippen molar-refractivity contribution in [2.24, 2.45) is 44.3 Å². The van der Waals surface area contributed by atoms with E-state index in [2.05, 4.69) is 52.1 Å². The molecule has 5 aliphatic carbocycles. The summed E-state index contributed by atoms with van der Waals surface area (Å²) in [6.07, 6.45) is 13.9. The van der Waals surface area contributed by atoms with E-state index in [1.165, 1.54) is 11.1 Å². The van der Waals surface area contributed by atoms with Crippen LogP contribution in [0, 0.1) is 44.3 Å². The van der Waals surface area contributed by atoms with Gasteiger partial charge in [0.15, 0.2) is 5.76 Å². The minimum absolute atomic E-state index is 0.00520. The average Bonchev–Trinajstić information content (AvgIpc) is 2.78. The Morgan fingerprint density at radius 1 is 1.00 bits per heavy atom. The quantitative estimate of drug-likeness (QED) is 0.440. The van der Waals surface area contributed by atoms with E-state index in [1.54, 1.807) is 7.05 Å². The molecule has 4 heteroatoms. The number of carbonyl (C=O) groups excluding carboxylic acids is 2. The first-order valence-electron chi connectivity index (χ1n) is 13.7. The Morgan fingerprint density at radius 3 is 2.31 bits per heavy atom. The summed E-state index contributed by atoms with van der Waals surface area (Å²) >= 11 is 0. The smallest absolute Gasteiger partial charge is 0.226 e. The molecule has 4 nitrogen and oxygen atoms in total. The summed E-state index contributed by atoms with van der Waals surface area (Å²) in [7, 11) is 1.76. The molecule has 0 aromatic carbocycles. The van der Waals surface area contributed by atoms with E-state index in [0.717, 1.165) is 44.9 Å². The van der Waals surface area contributed by atoms with Crippen molar-refractivity contribution in [2.45, 2.75) is 93.4 Å². The number of fused-ring (bicyclic) bond motifs is 6. The molecular weight excluding hydrogens is 434 g/mol. The molecule has 0 bridgehead atoms. The maximum absolute atomic E-state index is 12.9. The first-order valence-corrected chi connectivity index (χ1v) is 13.7. The maximum Gasteiger partial charge on any atom is 0.226 e. The van der Waals surface area contributed by atoms with Gasteiger partial charge < -0.3 is 10.4 Å². The van der Waals surface area contributed by atoms with Gasteiger partial charge in [0.2, 0.25) is 11.7 Å². The number of Topliss-reactive ketones (excluding diaryl/α,β-unsaturated/α-hetero) is 1. The lowest BCUT2D eigenvalue weighted by Crippen LogP contribution is -2.61. The van der Waals surface area contributed by atoms with E-state index < -0.39 is 5.41 Å². The van der Waals surface area contributed by atoms with Crippen LogP contribution in [-0.4, -0.2) is 23.8 Å².